The zero-order valence-electron chi connectivity index (χ0n) is 19.5. The molecule has 4 rings (SSSR count). The molecule has 2 saturated heterocycles. The molecule has 0 N–H and O–H groups in total. The van der Waals surface area contributed by atoms with Crippen LogP contribution < -0.4 is 4.74 Å². The third kappa shape index (κ3) is 5.34. The van der Waals surface area contributed by atoms with Crippen LogP contribution in [0.25, 0.3) is 5.70 Å². The third-order valence-electron chi connectivity index (χ3n) is 7.09. The highest BCUT2D eigenvalue weighted by Gasteiger charge is 2.24. The number of benzene rings is 2. The van der Waals surface area contributed by atoms with E-state index < -0.39 is 0 Å². The molecule has 4 heteroatoms. The molecule has 0 aromatic heterocycles. The van der Waals surface area contributed by atoms with Crippen molar-refractivity contribution in [2.45, 2.75) is 57.6 Å². The van der Waals surface area contributed by atoms with Crippen molar-refractivity contribution in [3.63, 3.8) is 0 Å². The lowest BCUT2D eigenvalue weighted by Gasteiger charge is -2.35. The predicted octanol–water partition coefficient (Wildman–Crippen LogP) is 5.66. The number of rotatable bonds is 6. The van der Waals surface area contributed by atoms with Crippen LogP contribution in [0.5, 0.6) is 5.75 Å². The van der Waals surface area contributed by atoms with Gasteiger partial charge in [-0.15, -0.1) is 0 Å². The van der Waals surface area contributed by atoms with Crippen LogP contribution in [0.2, 0.25) is 0 Å². The number of hydrogen-bond donors (Lipinski definition) is 0. The SMILES string of the molecule is C=C(c1ccc(C#N)cc1)N1CCC(c2ccc(OC3CCN(C(C)C)CC3)cc2)CC1. The molecule has 2 aromatic carbocycles. The van der Waals surface area contributed by atoms with Crippen LogP contribution in [-0.2, 0) is 0 Å². The van der Waals surface area contributed by atoms with Crippen LogP contribution in [0, 0.1) is 11.3 Å². The van der Waals surface area contributed by atoms with Crippen LogP contribution in [0.15, 0.2) is 55.1 Å². The molecule has 0 atom stereocenters. The van der Waals surface area contributed by atoms with Gasteiger partial charge >= 0.3 is 0 Å². The maximum absolute atomic E-state index is 8.99. The Morgan fingerprint density at radius 1 is 0.938 bits per heavy atom. The largest absolute Gasteiger partial charge is 0.490 e. The van der Waals surface area contributed by atoms with Crippen molar-refractivity contribution in [3.05, 3.63) is 71.8 Å². The number of nitrogens with zero attached hydrogens (tertiary/aromatic N) is 3. The Morgan fingerprint density at radius 2 is 1.56 bits per heavy atom. The van der Waals surface area contributed by atoms with Gasteiger partial charge in [0, 0.05) is 37.9 Å². The highest BCUT2D eigenvalue weighted by Crippen LogP contribution is 2.32. The first-order chi connectivity index (χ1) is 15.5. The minimum absolute atomic E-state index is 0.340. The van der Waals surface area contributed by atoms with Gasteiger partial charge in [-0.2, -0.15) is 5.26 Å². The summed E-state index contributed by atoms with van der Waals surface area (Å²) in [6, 6.07) is 19.4. The van der Waals surface area contributed by atoms with Gasteiger partial charge in [-0.1, -0.05) is 30.8 Å². The van der Waals surface area contributed by atoms with Gasteiger partial charge in [-0.05, 0) is 80.8 Å². The summed E-state index contributed by atoms with van der Waals surface area (Å²) in [5, 5.41) is 8.99. The van der Waals surface area contributed by atoms with E-state index in [1.807, 2.05) is 24.3 Å². The van der Waals surface area contributed by atoms with Crippen molar-refractivity contribution in [2.24, 2.45) is 0 Å². The summed E-state index contributed by atoms with van der Waals surface area (Å²) >= 11 is 0. The van der Waals surface area contributed by atoms with E-state index in [9.17, 15) is 0 Å². The van der Waals surface area contributed by atoms with Gasteiger partial charge in [0.15, 0.2) is 0 Å². The number of piperidine rings is 2. The van der Waals surface area contributed by atoms with E-state index in [4.69, 9.17) is 10.00 Å². The molecular formula is C28H35N3O. The lowest BCUT2D eigenvalue weighted by molar-refractivity contribution is 0.0843. The number of nitriles is 1. The van der Waals surface area contributed by atoms with Crippen LogP contribution in [0.3, 0.4) is 0 Å². The molecule has 0 amide bonds. The summed E-state index contributed by atoms with van der Waals surface area (Å²) in [6.07, 6.45) is 4.82. The number of hydrogen-bond acceptors (Lipinski definition) is 4. The van der Waals surface area contributed by atoms with E-state index in [1.165, 1.54) is 5.56 Å². The van der Waals surface area contributed by atoms with Gasteiger partial charge in [-0.3, -0.25) is 0 Å². The fourth-order valence-corrected chi connectivity index (χ4v) is 4.92. The minimum Gasteiger partial charge on any atom is -0.490 e. The summed E-state index contributed by atoms with van der Waals surface area (Å²) in [5.74, 6) is 1.59. The number of likely N-dealkylation sites (tertiary alicyclic amines) is 2. The molecular weight excluding hydrogens is 394 g/mol. The molecule has 2 fully saturated rings. The van der Waals surface area contributed by atoms with E-state index in [0.717, 1.165) is 68.9 Å². The van der Waals surface area contributed by atoms with Gasteiger partial charge in [-0.25, -0.2) is 0 Å². The Balaban J connectivity index is 1.27. The quantitative estimate of drug-likeness (QED) is 0.594. The second-order valence-corrected chi connectivity index (χ2v) is 9.41. The molecule has 168 valence electrons. The minimum atomic E-state index is 0.340. The summed E-state index contributed by atoms with van der Waals surface area (Å²) in [7, 11) is 0. The standard InChI is InChI=1S/C28H35N3O/c1-21(2)30-18-14-28(15-19-30)32-27-10-8-25(9-11-27)26-12-16-31(17-13-26)22(3)24-6-4-23(20-29)5-7-24/h4-11,21,26,28H,3,12-19H2,1-2H3. The third-order valence-corrected chi connectivity index (χ3v) is 7.09. The lowest BCUT2D eigenvalue weighted by atomic mass is 9.89. The molecule has 2 aliphatic heterocycles. The van der Waals surface area contributed by atoms with Crippen LogP contribution in [0.1, 0.15) is 62.1 Å². The van der Waals surface area contributed by atoms with Gasteiger partial charge in [0.05, 0.1) is 11.6 Å². The van der Waals surface area contributed by atoms with Crippen LogP contribution in [-0.4, -0.2) is 48.1 Å². The molecule has 0 radical (unpaired) electrons. The Hall–Kier alpha value is -2.77. The van der Waals surface area contributed by atoms with Crippen molar-refractivity contribution < 1.29 is 4.74 Å². The Bertz CT molecular complexity index is 926. The molecule has 0 spiro atoms. The smallest absolute Gasteiger partial charge is 0.119 e. The highest BCUT2D eigenvalue weighted by atomic mass is 16.5. The molecule has 2 aromatic rings. The molecule has 0 bridgehead atoms. The first kappa shape index (κ1) is 22.4. The average molecular weight is 430 g/mol. The molecule has 0 unspecified atom stereocenters. The molecule has 2 heterocycles. The summed E-state index contributed by atoms with van der Waals surface area (Å²) < 4.78 is 6.27. The number of ether oxygens (including phenoxy) is 1. The summed E-state index contributed by atoms with van der Waals surface area (Å²) in [5.41, 5.74) is 4.26. The first-order valence-electron chi connectivity index (χ1n) is 12.0. The maximum atomic E-state index is 8.99. The topological polar surface area (TPSA) is 39.5 Å². The monoisotopic (exact) mass is 429 g/mol. The van der Waals surface area contributed by atoms with Gasteiger partial charge in [0.2, 0.25) is 0 Å². The predicted molar refractivity (Wildman–Crippen MR) is 131 cm³/mol. The fraction of sp³-hybridized carbons (Fsp3) is 0.464. The van der Waals surface area contributed by atoms with Crippen LogP contribution >= 0.6 is 0 Å². The summed E-state index contributed by atoms with van der Waals surface area (Å²) in [6.45, 7) is 13.1. The molecule has 4 nitrogen and oxygen atoms in total. The lowest BCUT2D eigenvalue weighted by Crippen LogP contribution is -2.41. The van der Waals surface area contributed by atoms with Crippen molar-refractivity contribution in [1.82, 2.24) is 9.80 Å². The van der Waals surface area contributed by atoms with Crippen molar-refractivity contribution in [3.8, 4) is 11.8 Å². The van der Waals surface area contributed by atoms with E-state index in [1.54, 1.807) is 0 Å². The Labute approximate surface area is 193 Å². The molecule has 32 heavy (non-hydrogen) atoms. The average Bonchev–Trinajstić information content (AvgIpc) is 2.84. The second kappa shape index (κ2) is 10.2. The van der Waals surface area contributed by atoms with E-state index in [0.29, 0.717) is 23.6 Å². The van der Waals surface area contributed by atoms with Crippen molar-refractivity contribution in [2.75, 3.05) is 26.2 Å². The van der Waals surface area contributed by atoms with Gasteiger partial charge in [0.25, 0.3) is 0 Å². The first-order valence-corrected chi connectivity index (χ1v) is 12.0. The highest BCUT2D eigenvalue weighted by molar-refractivity contribution is 5.62. The molecule has 0 saturated carbocycles. The van der Waals surface area contributed by atoms with Crippen molar-refractivity contribution in [1.29, 1.82) is 5.26 Å². The fourth-order valence-electron chi connectivity index (χ4n) is 4.92. The Kier molecular flexibility index (Phi) is 7.17. The zero-order valence-corrected chi connectivity index (χ0v) is 19.5. The van der Waals surface area contributed by atoms with E-state index in [-0.39, 0.29) is 0 Å². The molecule has 2 aliphatic rings. The van der Waals surface area contributed by atoms with E-state index >= 15 is 0 Å². The summed E-state index contributed by atoms with van der Waals surface area (Å²) in [4.78, 5) is 4.91. The normalized spacial score (nSPS) is 18.5. The van der Waals surface area contributed by atoms with E-state index in [2.05, 4.69) is 60.6 Å². The molecule has 0 aliphatic carbocycles. The second-order valence-electron chi connectivity index (χ2n) is 9.41. The van der Waals surface area contributed by atoms with Gasteiger partial charge in [0.1, 0.15) is 11.9 Å². The van der Waals surface area contributed by atoms with Crippen molar-refractivity contribution >= 4 is 5.70 Å². The van der Waals surface area contributed by atoms with Crippen LogP contribution in [0.4, 0.5) is 0 Å². The van der Waals surface area contributed by atoms with Gasteiger partial charge < -0.3 is 14.5 Å². The maximum Gasteiger partial charge on any atom is 0.119 e. The Morgan fingerprint density at radius 3 is 2.12 bits per heavy atom. The zero-order chi connectivity index (χ0) is 22.5.